The minimum Gasteiger partial charge on any atom is -0.472 e. The van der Waals surface area contributed by atoms with Gasteiger partial charge in [-0.15, -0.1) is 0 Å². The average Bonchev–Trinajstić information content (AvgIpc) is 2.90. The van der Waals surface area contributed by atoms with E-state index in [9.17, 15) is 15.0 Å². The Bertz CT molecular complexity index is 969. The highest BCUT2D eigenvalue weighted by Crippen LogP contribution is 2.26. The van der Waals surface area contributed by atoms with Crippen LogP contribution in [-0.4, -0.2) is 78.4 Å². The van der Waals surface area contributed by atoms with Crippen LogP contribution in [0.1, 0.15) is 58.8 Å². The Labute approximate surface area is 239 Å². The zero-order chi connectivity index (χ0) is 29.3. The highest BCUT2D eigenvalue weighted by Gasteiger charge is 2.21. The van der Waals surface area contributed by atoms with E-state index >= 15 is 0 Å². The maximum atomic E-state index is 10.6. The smallest absolute Gasteiger partial charge is 0.381 e. The van der Waals surface area contributed by atoms with Crippen LogP contribution in [0.4, 0.5) is 0 Å². The summed E-state index contributed by atoms with van der Waals surface area (Å²) in [6.45, 7) is 9.17. The van der Waals surface area contributed by atoms with Gasteiger partial charge in [0.15, 0.2) is 0 Å². The Kier molecular flexibility index (Phi) is 15.8. The van der Waals surface area contributed by atoms with Gasteiger partial charge in [0.05, 0.1) is 43.2 Å². The molecule has 0 aromatic heterocycles. The minimum atomic E-state index is -1.13. The number of ether oxygens (including phenoxy) is 4. The fraction of sp³-hybridized carbons (Fsp3) is 0.594. The maximum absolute atomic E-state index is 10.6. The first-order chi connectivity index (χ1) is 19.2. The molecular weight excluding hydrogens is 512 g/mol. The molecule has 222 valence electrons. The zero-order valence-electron chi connectivity index (χ0n) is 24.0. The number of methoxy groups -OCH3 is 1. The fourth-order valence-electron chi connectivity index (χ4n) is 4.73. The van der Waals surface area contributed by atoms with E-state index in [2.05, 4.69) is 38.3 Å². The van der Waals surface area contributed by atoms with Gasteiger partial charge < -0.3 is 34.3 Å². The van der Waals surface area contributed by atoms with Crippen molar-refractivity contribution in [2.24, 2.45) is 5.92 Å². The summed E-state index contributed by atoms with van der Waals surface area (Å²) in [6.07, 6.45) is 15.2. The van der Waals surface area contributed by atoms with Crippen molar-refractivity contribution in [3.8, 4) is 11.8 Å². The van der Waals surface area contributed by atoms with Crippen molar-refractivity contribution >= 4 is 5.97 Å². The van der Waals surface area contributed by atoms with Crippen molar-refractivity contribution in [3.63, 3.8) is 0 Å². The predicted octanol–water partition coefficient (Wildman–Crippen LogP) is 4.49. The molecule has 0 aromatic rings. The van der Waals surface area contributed by atoms with Crippen LogP contribution >= 0.6 is 0 Å². The monoisotopic (exact) mass is 558 g/mol. The molecule has 2 rings (SSSR count). The second kappa shape index (κ2) is 18.8. The van der Waals surface area contributed by atoms with E-state index in [0.29, 0.717) is 25.4 Å². The van der Waals surface area contributed by atoms with E-state index in [1.54, 1.807) is 13.2 Å². The van der Waals surface area contributed by atoms with Crippen molar-refractivity contribution in [1.82, 2.24) is 0 Å². The van der Waals surface area contributed by atoms with Gasteiger partial charge >= 0.3 is 5.97 Å². The Hall–Kier alpha value is -2.51. The van der Waals surface area contributed by atoms with E-state index in [4.69, 9.17) is 24.1 Å². The molecule has 2 heterocycles. The molecule has 0 saturated carbocycles. The second-order valence-corrected chi connectivity index (χ2v) is 10.6. The van der Waals surface area contributed by atoms with Crippen LogP contribution in [0.3, 0.4) is 0 Å². The summed E-state index contributed by atoms with van der Waals surface area (Å²) in [6, 6.07) is 0. The summed E-state index contributed by atoms with van der Waals surface area (Å²) in [7, 11) is 1.57. The first kappa shape index (κ1) is 33.7. The normalized spacial score (nSPS) is 24.2. The van der Waals surface area contributed by atoms with Crippen LogP contribution in [0.25, 0.3) is 0 Å². The summed E-state index contributed by atoms with van der Waals surface area (Å²) in [5, 5.41) is 29.4. The molecule has 0 bridgehead atoms. The molecular formula is C32H46O8. The molecule has 8 nitrogen and oxygen atoms in total. The van der Waals surface area contributed by atoms with Crippen molar-refractivity contribution in [1.29, 1.82) is 0 Å². The third kappa shape index (κ3) is 14.2. The molecule has 0 fully saturated rings. The first-order valence-electron chi connectivity index (χ1n) is 14.0. The van der Waals surface area contributed by atoms with Crippen LogP contribution in [0.15, 0.2) is 60.3 Å². The maximum Gasteiger partial charge on any atom is 0.381 e. The SMILES string of the molecule is C=C(C[C@H](C)C[C@@H]1CC=C[C@@H](CC#CC(=O)O)O1)C[C@@H](/C=C/C[C@H](O)[C@@H](O)C=C[C@@H]1CC(C)=CCO1)OCOC. The van der Waals surface area contributed by atoms with Gasteiger partial charge in [-0.3, -0.25) is 0 Å². The van der Waals surface area contributed by atoms with Crippen molar-refractivity contribution in [2.45, 2.75) is 95.4 Å². The molecule has 0 saturated heterocycles. The number of aliphatic hydroxyl groups is 2. The van der Waals surface area contributed by atoms with Crippen molar-refractivity contribution in [3.05, 3.63) is 60.3 Å². The lowest BCUT2D eigenvalue weighted by atomic mass is 9.91. The molecule has 0 spiro atoms. The Morgan fingerprint density at radius 1 is 1.30 bits per heavy atom. The minimum absolute atomic E-state index is 0.0528. The molecule has 2 aliphatic heterocycles. The number of carboxylic acids is 1. The van der Waals surface area contributed by atoms with E-state index in [-0.39, 0.29) is 37.6 Å². The Morgan fingerprint density at radius 2 is 2.10 bits per heavy atom. The van der Waals surface area contributed by atoms with Gasteiger partial charge in [-0.2, -0.15) is 0 Å². The molecule has 0 radical (unpaired) electrons. The standard InChI is InChI=1S/C32H46O8/c1-23-16-17-38-28(19-23)14-15-31(34)30(33)12-6-10-27(39-22-37-4)20-24(2)18-25(3)21-29-11-5-8-26(40-29)9-7-13-32(35)36/h5-6,8,10,14-16,25-31,33-34H,2,9,11-12,17-22H2,1,3-4H3,(H,35,36)/b10-6+,15-14?/t25-,26-,27+,28+,29-,30-,31-/m0/s1. The van der Waals surface area contributed by atoms with E-state index < -0.39 is 18.2 Å². The zero-order valence-corrected chi connectivity index (χ0v) is 24.0. The highest BCUT2D eigenvalue weighted by molar-refractivity contribution is 5.86. The lowest BCUT2D eigenvalue weighted by molar-refractivity contribution is -0.130. The van der Waals surface area contributed by atoms with Gasteiger partial charge in [0.25, 0.3) is 0 Å². The van der Waals surface area contributed by atoms with Gasteiger partial charge in [0, 0.05) is 19.5 Å². The Morgan fingerprint density at radius 3 is 2.83 bits per heavy atom. The summed E-state index contributed by atoms with van der Waals surface area (Å²) in [5.74, 6) is 3.97. The van der Waals surface area contributed by atoms with E-state index in [0.717, 1.165) is 31.3 Å². The van der Waals surface area contributed by atoms with Gasteiger partial charge in [0.1, 0.15) is 6.79 Å². The molecule has 0 unspecified atom stereocenters. The van der Waals surface area contributed by atoms with E-state index in [1.165, 1.54) is 5.57 Å². The third-order valence-electron chi connectivity index (χ3n) is 6.72. The average molecular weight is 559 g/mol. The molecule has 2 aliphatic rings. The number of carbonyl (C=O) groups is 1. The van der Waals surface area contributed by atoms with Gasteiger partial charge in [0.2, 0.25) is 0 Å². The molecule has 0 aromatic carbocycles. The number of aliphatic hydroxyl groups excluding tert-OH is 2. The summed E-state index contributed by atoms with van der Waals surface area (Å²) in [4.78, 5) is 10.6. The van der Waals surface area contributed by atoms with Crippen LogP contribution < -0.4 is 0 Å². The summed E-state index contributed by atoms with van der Waals surface area (Å²) < 4.78 is 22.6. The topological polar surface area (TPSA) is 115 Å². The summed E-state index contributed by atoms with van der Waals surface area (Å²) >= 11 is 0. The largest absolute Gasteiger partial charge is 0.472 e. The van der Waals surface area contributed by atoms with Gasteiger partial charge in [-0.1, -0.05) is 73.1 Å². The quantitative estimate of drug-likeness (QED) is 0.144. The highest BCUT2D eigenvalue weighted by atomic mass is 16.7. The molecule has 3 N–H and O–H groups in total. The molecule has 8 heteroatoms. The number of hydrogen-bond acceptors (Lipinski definition) is 7. The number of aliphatic carboxylic acids is 1. The van der Waals surface area contributed by atoms with Gasteiger partial charge in [-0.25, -0.2) is 4.79 Å². The lowest BCUT2D eigenvalue weighted by Gasteiger charge is -2.27. The predicted molar refractivity (Wildman–Crippen MR) is 154 cm³/mol. The summed E-state index contributed by atoms with van der Waals surface area (Å²) in [5.41, 5.74) is 2.29. The van der Waals surface area contributed by atoms with Crippen LogP contribution in [0.5, 0.6) is 0 Å². The van der Waals surface area contributed by atoms with Gasteiger partial charge in [-0.05, 0) is 51.4 Å². The second-order valence-electron chi connectivity index (χ2n) is 10.6. The van der Waals surface area contributed by atoms with E-state index in [1.807, 2.05) is 30.4 Å². The Balaban J connectivity index is 1.78. The van der Waals surface area contributed by atoms with Crippen LogP contribution in [0, 0.1) is 17.8 Å². The molecule has 0 amide bonds. The van der Waals surface area contributed by atoms with Crippen LogP contribution in [-0.2, 0) is 23.7 Å². The lowest BCUT2D eigenvalue weighted by Crippen LogP contribution is -2.26. The molecule has 40 heavy (non-hydrogen) atoms. The van der Waals surface area contributed by atoms with Crippen molar-refractivity contribution < 1.29 is 39.1 Å². The molecule has 7 atom stereocenters. The third-order valence-corrected chi connectivity index (χ3v) is 6.72. The molecule has 0 aliphatic carbocycles. The number of carboxylic acid groups (broad SMARTS) is 1. The van der Waals surface area contributed by atoms with Crippen LogP contribution in [0.2, 0.25) is 0 Å². The van der Waals surface area contributed by atoms with Crippen molar-refractivity contribution in [2.75, 3.05) is 20.5 Å². The fourth-order valence-corrected chi connectivity index (χ4v) is 4.73. The number of hydrogen-bond donors (Lipinski definition) is 3. The first-order valence-corrected chi connectivity index (χ1v) is 14.0. The number of rotatable bonds is 16.